The van der Waals surface area contributed by atoms with Crippen molar-refractivity contribution in [1.29, 1.82) is 0 Å². The summed E-state index contributed by atoms with van der Waals surface area (Å²) in [7, 11) is -3.98. The van der Waals surface area contributed by atoms with Crippen molar-refractivity contribution >= 4 is 7.82 Å². The molecule has 0 aliphatic rings. The van der Waals surface area contributed by atoms with Crippen LogP contribution in [0.15, 0.2) is 18.7 Å². The molecular formula is C25H51N2O4P. The van der Waals surface area contributed by atoms with E-state index in [0.29, 0.717) is 12.8 Å². The average Bonchev–Trinajstić information content (AvgIpc) is 3.24. The molecule has 0 aromatic carbocycles. The first-order valence-electron chi connectivity index (χ1n) is 13.1. The summed E-state index contributed by atoms with van der Waals surface area (Å²) in [5.41, 5.74) is 0. The first-order chi connectivity index (χ1) is 15.5. The lowest BCUT2D eigenvalue weighted by atomic mass is 10.1. The molecule has 1 aromatic rings. The van der Waals surface area contributed by atoms with Gasteiger partial charge in [-0.05, 0) is 32.1 Å². The minimum Gasteiger partial charge on any atom is -0.756 e. The predicted octanol–water partition coefficient (Wildman–Crippen LogP) is 6.80. The van der Waals surface area contributed by atoms with E-state index < -0.39 is 7.82 Å². The van der Waals surface area contributed by atoms with E-state index in [1.165, 1.54) is 90.1 Å². The van der Waals surface area contributed by atoms with Gasteiger partial charge in [0.1, 0.15) is 12.4 Å². The van der Waals surface area contributed by atoms with Gasteiger partial charge in [0, 0.05) is 0 Å². The highest BCUT2D eigenvalue weighted by molar-refractivity contribution is 7.45. The van der Waals surface area contributed by atoms with Crippen LogP contribution in [0.1, 0.15) is 118 Å². The van der Waals surface area contributed by atoms with E-state index >= 15 is 0 Å². The molecule has 0 amide bonds. The predicted molar refractivity (Wildman–Crippen MR) is 131 cm³/mol. The smallest absolute Gasteiger partial charge is 0.267 e. The molecule has 0 saturated heterocycles. The molecule has 0 radical (unpaired) electrons. The summed E-state index contributed by atoms with van der Waals surface area (Å²) in [6, 6.07) is 0. The number of hydrogen-bond donors (Lipinski definition) is 0. The number of hydrogen-bond acceptors (Lipinski definition) is 4. The van der Waals surface area contributed by atoms with E-state index in [0.717, 1.165) is 0 Å². The summed E-state index contributed by atoms with van der Waals surface area (Å²) in [4.78, 5) is 10.7. The zero-order valence-electron chi connectivity index (χ0n) is 21.4. The molecular weight excluding hydrogens is 423 g/mol. The quantitative estimate of drug-likeness (QED) is 0.118. The second kappa shape index (κ2) is 22.1. The van der Waals surface area contributed by atoms with Crippen molar-refractivity contribution in [2.24, 2.45) is 0 Å². The maximum absolute atomic E-state index is 10.7. The first kappa shape index (κ1) is 31.3. The molecule has 1 rings (SSSR count). The Morgan fingerprint density at radius 2 is 1.25 bits per heavy atom. The zero-order valence-corrected chi connectivity index (χ0v) is 22.3. The van der Waals surface area contributed by atoms with E-state index in [4.69, 9.17) is 0 Å². The minimum atomic E-state index is -3.98. The third kappa shape index (κ3) is 20.0. The molecule has 0 N–H and O–H groups in total. The Bertz CT molecular complexity index is 554. The number of phosphoric ester groups is 1. The monoisotopic (exact) mass is 474 g/mol. The number of aryl methyl sites for hydroxylation is 2. The number of aromatic nitrogens is 2. The third-order valence-corrected chi connectivity index (χ3v) is 6.19. The lowest BCUT2D eigenvalue weighted by Gasteiger charge is -2.21. The fourth-order valence-electron chi connectivity index (χ4n) is 3.27. The molecule has 1 aromatic heterocycles. The molecule has 32 heavy (non-hydrogen) atoms. The van der Waals surface area contributed by atoms with Crippen molar-refractivity contribution in [3.05, 3.63) is 18.7 Å². The Kier molecular flexibility index (Phi) is 21.7. The van der Waals surface area contributed by atoms with Crippen LogP contribution < -0.4 is 9.46 Å². The summed E-state index contributed by atoms with van der Waals surface area (Å²) in [6.45, 7) is 11.0. The maximum atomic E-state index is 10.7. The number of rotatable bonds is 20. The second-order valence-corrected chi connectivity index (χ2v) is 9.95. The fourth-order valence-corrected chi connectivity index (χ4v) is 4.16. The summed E-state index contributed by atoms with van der Waals surface area (Å²) < 4.78 is 24.3. The van der Waals surface area contributed by atoms with Crippen LogP contribution in [0.4, 0.5) is 0 Å². The van der Waals surface area contributed by atoms with Crippen molar-refractivity contribution in [1.82, 2.24) is 4.57 Å². The van der Waals surface area contributed by atoms with Crippen LogP contribution in [-0.2, 0) is 26.7 Å². The molecule has 0 spiro atoms. The zero-order chi connectivity index (χ0) is 23.9. The van der Waals surface area contributed by atoms with Gasteiger partial charge in [-0.15, -0.1) is 0 Å². The highest BCUT2D eigenvalue weighted by atomic mass is 31.2. The van der Waals surface area contributed by atoms with Gasteiger partial charge in [-0.2, -0.15) is 0 Å². The van der Waals surface area contributed by atoms with Crippen LogP contribution in [0.25, 0.3) is 0 Å². The van der Waals surface area contributed by atoms with Crippen LogP contribution >= 0.6 is 7.82 Å². The lowest BCUT2D eigenvalue weighted by molar-refractivity contribution is -0.696. The average molecular weight is 475 g/mol. The van der Waals surface area contributed by atoms with Gasteiger partial charge in [0.2, 0.25) is 6.33 Å². The van der Waals surface area contributed by atoms with Gasteiger partial charge in [0.05, 0.1) is 26.3 Å². The Morgan fingerprint density at radius 3 is 1.75 bits per heavy atom. The van der Waals surface area contributed by atoms with Crippen molar-refractivity contribution in [3.8, 4) is 0 Å². The molecule has 0 atom stereocenters. The van der Waals surface area contributed by atoms with Gasteiger partial charge in [-0.1, -0.05) is 85.5 Å². The SMILES string of the molecule is CCCCCCCCCCCCn1cc[n+](CCCC)c1.CCCOP(=O)([O-])OCCC. The van der Waals surface area contributed by atoms with Crippen LogP contribution in [-0.4, -0.2) is 17.8 Å². The summed E-state index contributed by atoms with van der Waals surface area (Å²) in [5, 5.41) is 0. The molecule has 0 saturated carbocycles. The van der Waals surface area contributed by atoms with Gasteiger partial charge >= 0.3 is 0 Å². The maximum Gasteiger partial charge on any atom is 0.267 e. The van der Waals surface area contributed by atoms with Gasteiger partial charge < -0.3 is 13.9 Å². The molecule has 0 aliphatic carbocycles. The lowest BCUT2D eigenvalue weighted by Crippen LogP contribution is -2.30. The van der Waals surface area contributed by atoms with Gasteiger partial charge in [0.25, 0.3) is 7.82 Å². The molecule has 0 bridgehead atoms. The summed E-state index contributed by atoms with van der Waals surface area (Å²) >= 11 is 0. The van der Waals surface area contributed by atoms with E-state index in [2.05, 4.69) is 50.8 Å². The van der Waals surface area contributed by atoms with Crippen molar-refractivity contribution in [3.63, 3.8) is 0 Å². The minimum absolute atomic E-state index is 0.199. The van der Waals surface area contributed by atoms with Crippen LogP contribution in [0, 0.1) is 0 Å². The third-order valence-electron chi connectivity index (χ3n) is 5.19. The largest absolute Gasteiger partial charge is 0.756 e. The second-order valence-electron chi connectivity index (χ2n) is 8.54. The van der Waals surface area contributed by atoms with Crippen LogP contribution in [0.2, 0.25) is 0 Å². The Hall–Kier alpha value is -0.680. The van der Waals surface area contributed by atoms with Crippen molar-refractivity contribution in [2.75, 3.05) is 13.2 Å². The highest BCUT2D eigenvalue weighted by Crippen LogP contribution is 2.38. The molecule has 7 heteroatoms. The van der Waals surface area contributed by atoms with Crippen molar-refractivity contribution in [2.45, 2.75) is 131 Å². The Balaban J connectivity index is 0.000000739. The fraction of sp³-hybridized carbons (Fsp3) is 0.880. The molecule has 0 unspecified atom stereocenters. The number of unbranched alkanes of at least 4 members (excludes halogenated alkanes) is 10. The topological polar surface area (TPSA) is 67.4 Å². The van der Waals surface area contributed by atoms with Gasteiger partial charge in [0.15, 0.2) is 0 Å². The van der Waals surface area contributed by atoms with E-state index in [9.17, 15) is 9.46 Å². The van der Waals surface area contributed by atoms with Gasteiger partial charge in [-0.25, -0.2) is 9.13 Å². The first-order valence-corrected chi connectivity index (χ1v) is 14.6. The number of imidazole rings is 1. The highest BCUT2D eigenvalue weighted by Gasteiger charge is 2.06. The standard InChI is InChI=1S/C19H37N2.C6H15O4P/c1-3-5-7-8-9-10-11-12-13-14-16-21-18-17-20(19-21)15-6-4-2;1-3-5-9-11(7,8)10-6-4-2/h17-19H,3-16H2,1-2H3;3-6H2,1-2H3,(H,7,8)/q+1;/p-1. The number of phosphoric acid groups is 1. The van der Waals surface area contributed by atoms with E-state index in [1.807, 2.05) is 13.8 Å². The summed E-state index contributed by atoms with van der Waals surface area (Å²) in [5.74, 6) is 0. The number of nitrogens with zero attached hydrogens (tertiary/aromatic N) is 2. The normalized spacial score (nSPS) is 11.4. The molecule has 0 fully saturated rings. The summed E-state index contributed by atoms with van der Waals surface area (Å²) in [6.07, 6.45) is 24.8. The molecule has 1 heterocycles. The van der Waals surface area contributed by atoms with E-state index in [-0.39, 0.29) is 13.2 Å². The molecule has 6 nitrogen and oxygen atoms in total. The van der Waals surface area contributed by atoms with E-state index in [1.54, 1.807) is 0 Å². The van der Waals surface area contributed by atoms with Crippen molar-refractivity contribution < 1.29 is 23.1 Å². The van der Waals surface area contributed by atoms with Crippen LogP contribution in [0.3, 0.4) is 0 Å². The van der Waals surface area contributed by atoms with Crippen LogP contribution in [0.5, 0.6) is 0 Å². The Labute approximate surface area is 198 Å². The Morgan fingerprint density at radius 1 is 0.750 bits per heavy atom. The van der Waals surface area contributed by atoms with Gasteiger partial charge in [-0.3, -0.25) is 4.57 Å². The molecule has 190 valence electrons. The molecule has 0 aliphatic heterocycles.